The topological polar surface area (TPSA) is 56.8 Å². The predicted molar refractivity (Wildman–Crippen MR) is 81.8 cm³/mol. The second kappa shape index (κ2) is 8.52. The first kappa shape index (κ1) is 17.3. The van der Waals surface area contributed by atoms with Crippen molar-refractivity contribution in [3.63, 3.8) is 0 Å². The van der Waals surface area contributed by atoms with Gasteiger partial charge in [0.2, 0.25) is 0 Å². The summed E-state index contributed by atoms with van der Waals surface area (Å²) in [5.41, 5.74) is -0.869. The third kappa shape index (κ3) is 5.27. The first-order valence-corrected chi connectivity index (χ1v) is 7.24. The minimum atomic E-state index is -0.869. The summed E-state index contributed by atoms with van der Waals surface area (Å²) < 4.78 is 16.0. The van der Waals surface area contributed by atoms with Gasteiger partial charge in [-0.3, -0.25) is 5.32 Å². The monoisotopic (exact) mass is 295 g/mol. The van der Waals surface area contributed by atoms with Gasteiger partial charge in [0, 0.05) is 6.07 Å². The summed E-state index contributed by atoms with van der Waals surface area (Å²) in [4.78, 5) is 11.9. The van der Waals surface area contributed by atoms with Gasteiger partial charge in [-0.1, -0.05) is 13.0 Å². The molecule has 0 aromatic heterocycles. The van der Waals surface area contributed by atoms with Gasteiger partial charge < -0.3 is 14.2 Å². The van der Waals surface area contributed by atoms with Crippen LogP contribution in [-0.4, -0.2) is 38.4 Å². The van der Waals surface area contributed by atoms with Crippen molar-refractivity contribution in [3.05, 3.63) is 24.3 Å². The summed E-state index contributed by atoms with van der Waals surface area (Å²) in [6.07, 6.45) is 0.923. The maximum absolute atomic E-state index is 11.9. The normalized spacial score (nSPS) is 13.3. The van der Waals surface area contributed by atoms with E-state index in [1.807, 2.05) is 32.0 Å². The maximum atomic E-state index is 11.9. The molecular weight excluding hydrogens is 270 g/mol. The molecule has 0 aliphatic heterocycles. The highest BCUT2D eigenvalue weighted by Gasteiger charge is 2.34. The lowest BCUT2D eigenvalue weighted by molar-refractivity contribution is -0.149. The number of benzene rings is 1. The molecular formula is C16H25NO4. The van der Waals surface area contributed by atoms with E-state index < -0.39 is 5.54 Å². The second-order valence-corrected chi connectivity index (χ2v) is 4.95. The number of rotatable bonds is 9. The molecule has 0 bridgehead atoms. The van der Waals surface area contributed by atoms with Crippen molar-refractivity contribution < 1.29 is 19.0 Å². The van der Waals surface area contributed by atoms with E-state index in [1.54, 1.807) is 13.0 Å². The molecule has 21 heavy (non-hydrogen) atoms. The standard InChI is InChI=1S/C16H25NO4/c1-5-10-17-16(3,15(18)19-4)12-21-14-9-7-8-13(11-14)20-6-2/h7-9,11,17H,5-6,10,12H2,1-4H3. The quantitative estimate of drug-likeness (QED) is 0.709. The van der Waals surface area contributed by atoms with Crippen LogP contribution in [0, 0.1) is 0 Å². The van der Waals surface area contributed by atoms with Gasteiger partial charge in [-0.25, -0.2) is 4.79 Å². The lowest BCUT2D eigenvalue weighted by atomic mass is 10.0. The molecule has 0 heterocycles. The summed E-state index contributed by atoms with van der Waals surface area (Å²) in [6, 6.07) is 7.36. The first-order valence-electron chi connectivity index (χ1n) is 7.24. The molecule has 0 amide bonds. The van der Waals surface area contributed by atoms with Crippen molar-refractivity contribution >= 4 is 5.97 Å². The number of carbonyl (C=O) groups is 1. The molecule has 0 aliphatic carbocycles. The van der Waals surface area contributed by atoms with Gasteiger partial charge in [0.15, 0.2) is 0 Å². The molecule has 0 radical (unpaired) electrons. The largest absolute Gasteiger partial charge is 0.494 e. The number of hydrogen-bond donors (Lipinski definition) is 1. The second-order valence-electron chi connectivity index (χ2n) is 4.95. The summed E-state index contributed by atoms with van der Waals surface area (Å²) in [5, 5.41) is 3.18. The van der Waals surface area contributed by atoms with Crippen LogP contribution in [0.4, 0.5) is 0 Å². The van der Waals surface area contributed by atoms with Gasteiger partial charge >= 0.3 is 5.97 Å². The summed E-state index contributed by atoms with van der Waals surface area (Å²) in [5.74, 6) is 1.07. The number of nitrogens with one attached hydrogen (secondary N) is 1. The fourth-order valence-corrected chi connectivity index (χ4v) is 1.86. The molecule has 1 atom stereocenters. The fourth-order valence-electron chi connectivity index (χ4n) is 1.86. The Morgan fingerprint density at radius 2 is 1.90 bits per heavy atom. The van der Waals surface area contributed by atoms with Crippen LogP contribution in [0.5, 0.6) is 11.5 Å². The van der Waals surface area contributed by atoms with E-state index >= 15 is 0 Å². The van der Waals surface area contributed by atoms with E-state index in [4.69, 9.17) is 14.2 Å². The van der Waals surface area contributed by atoms with Crippen molar-refractivity contribution in [2.24, 2.45) is 0 Å². The van der Waals surface area contributed by atoms with Crippen molar-refractivity contribution in [2.45, 2.75) is 32.7 Å². The predicted octanol–water partition coefficient (Wildman–Crippen LogP) is 2.40. The lowest BCUT2D eigenvalue weighted by Crippen LogP contribution is -2.54. The first-order chi connectivity index (χ1) is 10.1. The number of esters is 1. The minimum absolute atomic E-state index is 0.190. The van der Waals surface area contributed by atoms with Crippen molar-refractivity contribution in [1.82, 2.24) is 5.32 Å². The lowest BCUT2D eigenvalue weighted by Gasteiger charge is -2.27. The molecule has 1 unspecified atom stereocenters. The SMILES string of the molecule is CCCNC(C)(COc1cccc(OCC)c1)C(=O)OC. The average molecular weight is 295 g/mol. The van der Waals surface area contributed by atoms with Gasteiger partial charge in [0.1, 0.15) is 23.6 Å². The molecule has 118 valence electrons. The van der Waals surface area contributed by atoms with Crippen LogP contribution in [0.1, 0.15) is 27.2 Å². The third-order valence-corrected chi connectivity index (χ3v) is 3.05. The number of hydrogen-bond acceptors (Lipinski definition) is 5. The highest BCUT2D eigenvalue weighted by Crippen LogP contribution is 2.20. The van der Waals surface area contributed by atoms with E-state index in [2.05, 4.69) is 5.32 Å². The van der Waals surface area contributed by atoms with Crippen LogP contribution >= 0.6 is 0 Å². The molecule has 0 saturated carbocycles. The number of ether oxygens (including phenoxy) is 3. The number of methoxy groups -OCH3 is 1. The van der Waals surface area contributed by atoms with Crippen LogP contribution in [0.3, 0.4) is 0 Å². The van der Waals surface area contributed by atoms with Gasteiger partial charge in [-0.15, -0.1) is 0 Å². The highest BCUT2D eigenvalue weighted by atomic mass is 16.5. The highest BCUT2D eigenvalue weighted by molar-refractivity contribution is 5.80. The molecule has 1 N–H and O–H groups in total. The van der Waals surface area contributed by atoms with E-state index in [0.717, 1.165) is 12.2 Å². The molecule has 0 saturated heterocycles. The van der Waals surface area contributed by atoms with E-state index in [1.165, 1.54) is 7.11 Å². The summed E-state index contributed by atoms with van der Waals surface area (Å²) in [6.45, 7) is 7.25. The Labute approximate surface area is 126 Å². The molecule has 5 nitrogen and oxygen atoms in total. The summed E-state index contributed by atoms with van der Waals surface area (Å²) >= 11 is 0. The Bertz CT molecular complexity index is 450. The Morgan fingerprint density at radius 1 is 1.24 bits per heavy atom. The zero-order valence-electron chi connectivity index (χ0n) is 13.3. The molecule has 0 spiro atoms. The molecule has 1 aromatic carbocycles. The molecule has 1 rings (SSSR count). The fraction of sp³-hybridized carbons (Fsp3) is 0.562. The van der Waals surface area contributed by atoms with Gasteiger partial charge in [0.05, 0.1) is 13.7 Å². The zero-order chi connectivity index (χ0) is 15.7. The van der Waals surface area contributed by atoms with Crippen LogP contribution in [0.15, 0.2) is 24.3 Å². The molecule has 0 fully saturated rings. The maximum Gasteiger partial charge on any atom is 0.329 e. The summed E-state index contributed by atoms with van der Waals surface area (Å²) in [7, 11) is 1.38. The average Bonchev–Trinajstić information content (AvgIpc) is 2.51. The van der Waals surface area contributed by atoms with Gasteiger partial charge in [0.25, 0.3) is 0 Å². The number of carbonyl (C=O) groups excluding carboxylic acids is 1. The van der Waals surface area contributed by atoms with Crippen LogP contribution in [-0.2, 0) is 9.53 Å². The Hall–Kier alpha value is -1.75. The Balaban J connectivity index is 2.71. The van der Waals surface area contributed by atoms with E-state index in [9.17, 15) is 4.79 Å². The van der Waals surface area contributed by atoms with Crippen LogP contribution < -0.4 is 14.8 Å². The molecule has 1 aromatic rings. The third-order valence-electron chi connectivity index (χ3n) is 3.05. The minimum Gasteiger partial charge on any atom is -0.494 e. The zero-order valence-corrected chi connectivity index (χ0v) is 13.3. The van der Waals surface area contributed by atoms with Crippen LogP contribution in [0.2, 0.25) is 0 Å². The van der Waals surface area contributed by atoms with Gasteiger partial charge in [-0.2, -0.15) is 0 Å². The van der Waals surface area contributed by atoms with Crippen molar-refractivity contribution in [1.29, 1.82) is 0 Å². The van der Waals surface area contributed by atoms with E-state index in [-0.39, 0.29) is 12.6 Å². The van der Waals surface area contributed by atoms with Crippen molar-refractivity contribution in [3.8, 4) is 11.5 Å². The molecule has 5 heteroatoms. The van der Waals surface area contributed by atoms with Gasteiger partial charge in [-0.05, 0) is 38.9 Å². The van der Waals surface area contributed by atoms with Crippen LogP contribution in [0.25, 0.3) is 0 Å². The smallest absolute Gasteiger partial charge is 0.329 e. The Morgan fingerprint density at radius 3 is 2.48 bits per heavy atom. The molecule has 0 aliphatic rings. The Kier molecular flexibility index (Phi) is 7.02. The van der Waals surface area contributed by atoms with Crippen molar-refractivity contribution in [2.75, 3.05) is 26.9 Å². The van der Waals surface area contributed by atoms with E-state index in [0.29, 0.717) is 18.9 Å².